The third-order valence-electron chi connectivity index (χ3n) is 2.86. The highest BCUT2D eigenvalue weighted by molar-refractivity contribution is 5.98. The molecule has 1 rings (SSSR count). The Morgan fingerprint density at radius 1 is 1.31 bits per heavy atom. The lowest BCUT2D eigenvalue weighted by Gasteiger charge is -2.15. The maximum atomic E-state index is 13.8. The minimum absolute atomic E-state index is 0.112. The summed E-state index contributed by atoms with van der Waals surface area (Å²) in [6.07, 6.45) is 0. The third-order valence-corrected chi connectivity index (χ3v) is 2.86. The normalized spacial score (nSPS) is 12.6. The standard InChI is InChI=1S/C13H17FO2/c1-8(2)9(3)13(15)10-6-5-7-11(16-4)12(10)14/h5-9H,1-4H3. The molecule has 0 saturated heterocycles. The minimum Gasteiger partial charge on any atom is -0.494 e. The molecule has 0 bridgehead atoms. The van der Waals surface area contributed by atoms with E-state index in [1.165, 1.54) is 19.2 Å². The molecule has 0 heterocycles. The lowest BCUT2D eigenvalue weighted by atomic mass is 9.89. The molecule has 0 saturated carbocycles. The van der Waals surface area contributed by atoms with E-state index in [1.807, 2.05) is 20.8 Å². The summed E-state index contributed by atoms with van der Waals surface area (Å²) in [7, 11) is 1.39. The first-order valence-corrected chi connectivity index (χ1v) is 5.35. The van der Waals surface area contributed by atoms with Crippen molar-refractivity contribution in [3.63, 3.8) is 0 Å². The molecule has 1 atom stereocenters. The number of hydrogen-bond acceptors (Lipinski definition) is 2. The van der Waals surface area contributed by atoms with E-state index < -0.39 is 5.82 Å². The minimum atomic E-state index is -0.567. The van der Waals surface area contributed by atoms with Crippen LogP contribution in [0.5, 0.6) is 5.75 Å². The molecule has 0 aromatic heterocycles. The maximum Gasteiger partial charge on any atom is 0.175 e. The van der Waals surface area contributed by atoms with Crippen molar-refractivity contribution >= 4 is 5.78 Å². The number of rotatable bonds is 4. The Kier molecular flexibility index (Phi) is 4.05. The number of benzene rings is 1. The van der Waals surface area contributed by atoms with Gasteiger partial charge in [0.25, 0.3) is 0 Å². The summed E-state index contributed by atoms with van der Waals surface area (Å²) in [6, 6.07) is 4.63. The molecule has 0 spiro atoms. The van der Waals surface area contributed by atoms with E-state index in [9.17, 15) is 9.18 Å². The van der Waals surface area contributed by atoms with Crippen LogP contribution in [0.3, 0.4) is 0 Å². The van der Waals surface area contributed by atoms with Gasteiger partial charge in [-0.1, -0.05) is 26.8 Å². The van der Waals surface area contributed by atoms with E-state index >= 15 is 0 Å². The third kappa shape index (κ3) is 2.40. The second-order valence-electron chi connectivity index (χ2n) is 4.22. The zero-order chi connectivity index (χ0) is 12.3. The largest absolute Gasteiger partial charge is 0.494 e. The van der Waals surface area contributed by atoms with Crippen LogP contribution in [-0.4, -0.2) is 12.9 Å². The molecule has 0 aliphatic carbocycles. The van der Waals surface area contributed by atoms with E-state index in [0.717, 1.165) is 0 Å². The summed E-state index contributed by atoms with van der Waals surface area (Å²) < 4.78 is 18.7. The molecule has 1 aromatic carbocycles. The Hall–Kier alpha value is -1.38. The highest BCUT2D eigenvalue weighted by Gasteiger charge is 2.22. The fraction of sp³-hybridized carbons (Fsp3) is 0.462. The summed E-state index contributed by atoms with van der Waals surface area (Å²) >= 11 is 0. The second kappa shape index (κ2) is 5.10. The SMILES string of the molecule is COc1cccc(C(=O)C(C)C(C)C)c1F. The highest BCUT2D eigenvalue weighted by atomic mass is 19.1. The van der Waals surface area contributed by atoms with E-state index in [-0.39, 0.29) is 28.9 Å². The quantitative estimate of drug-likeness (QED) is 0.733. The first-order valence-electron chi connectivity index (χ1n) is 5.35. The predicted molar refractivity (Wildman–Crippen MR) is 61.3 cm³/mol. The van der Waals surface area contributed by atoms with Gasteiger partial charge in [0.15, 0.2) is 17.3 Å². The van der Waals surface area contributed by atoms with Crippen molar-refractivity contribution in [2.24, 2.45) is 11.8 Å². The molecule has 0 aliphatic rings. The van der Waals surface area contributed by atoms with E-state index in [4.69, 9.17) is 4.74 Å². The average Bonchev–Trinajstić information content (AvgIpc) is 2.27. The lowest BCUT2D eigenvalue weighted by molar-refractivity contribution is 0.0894. The first-order chi connectivity index (χ1) is 7.49. The van der Waals surface area contributed by atoms with Gasteiger partial charge in [-0.25, -0.2) is 4.39 Å². The molecule has 0 radical (unpaired) electrons. The zero-order valence-electron chi connectivity index (χ0n) is 10.1. The Balaban J connectivity index is 3.09. The average molecular weight is 224 g/mol. The van der Waals surface area contributed by atoms with Crippen LogP contribution in [0.15, 0.2) is 18.2 Å². The van der Waals surface area contributed by atoms with Crippen molar-refractivity contribution in [2.45, 2.75) is 20.8 Å². The summed E-state index contributed by atoms with van der Waals surface area (Å²) in [5, 5.41) is 0. The number of hydrogen-bond donors (Lipinski definition) is 0. The van der Waals surface area contributed by atoms with Crippen LogP contribution in [-0.2, 0) is 0 Å². The van der Waals surface area contributed by atoms with Crippen LogP contribution >= 0.6 is 0 Å². The van der Waals surface area contributed by atoms with Crippen molar-refractivity contribution in [1.29, 1.82) is 0 Å². The molecular weight excluding hydrogens is 207 g/mol. The molecule has 0 aliphatic heterocycles. The van der Waals surface area contributed by atoms with Crippen molar-refractivity contribution in [1.82, 2.24) is 0 Å². The summed E-state index contributed by atoms with van der Waals surface area (Å²) in [5.74, 6) is -0.629. The van der Waals surface area contributed by atoms with Gasteiger partial charge in [0.2, 0.25) is 0 Å². The number of methoxy groups -OCH3 is 1. The molecule has 0 N–H and O–H groups in total. The van der Waals surface area contributed by atoms with Crippen LogP contribution in [0.25, 0.3) is 0 Å². The van der Waals surface area contributed by atoms with Crippen molar-refractivity contribution < 1.29 is 13.9 Å². The lowest BCUT2D eigenvalue weighted by Crippen LogP contribution is -2.18. The smallest absolute Gasteiger partial charge is 0.175 e. The molecule has 0 amide bonds. The van der Waals surface area contributed by atoms with Gasteiger partial charge in [-0.05, 0) is 18.1 Å². The molecule has 88 valence electrons. The van der Waals surface area contributed by atoms with Gasteiger partial charge in [0, 0.05) is 5.92 Å². The maximum absolute atomic E-state index is 13.8. The topological polar surface area (TPSA) is 26.3 Å². The van der Waals surface area contributed by atoms with Crippen LogP contribution < -0.4 is 4.74 Å². The van der Waals surface area contributed by atoms with Crippen LogP contribution in [0, 0.1) is 17.7 Å². The van der Waals surface area contributed by atoms with Crippen LogP contribution in [0.2, 0.25) is 0 Å². The summed E-state index contributed by atoms with van der Waals surface area (Å²) in [5.41, 5.74) is 0.112. The van der Waals surface area contributed by atoms with Crippen LogP contribution in [0.1, 0.15) is 31.1 Å². The van der Waals surface area contributed by atoms with E-state index in [0.29, 0.717) is 0 Å². The Labute approximate surface area is 95.4 Å². The monoisotopic (exact) mass is 224 g/mol. The van der Waals surface area contributed by atoms with Crippen LogP contribution in [0.4, 0.5) is 4.39 Å². The van der Waals surface area contributed by atoms with Crippen molar-refractivity contribution in [3.8, 4) is 5.75 Å². The number of halogens is 1. The molecular formula is C13H17FO2. The van der Waals surface area contributed by atoms with Crippen molar-refractivity contribution in [3.05, 3.63) is 29.6 Å². The Morgan fingerprint density at radius 3 is 2.44 bits per heavy atom. The first kappa shape index (κ1) is 12.7. The number of ether oxygens (including phenoxy) is 1. The Bertz CT molecular complexity index is 386. The number of carbonyl (C=O) groups is 1. The summed E-state index contributed by atoms with van der Waals surface area (Å²) in [4.78, 5) is 12.0. The number of Topliss-reactive ketones (excluding diaryl/α,β-unsaturated/α-hetero) is 1. The van der Waals surface area contributed by atoms with E-state index in [1.54, 1.807) is 6.07 Å². The zero-order valence-corrected chi connectivity index (χ0v) is 10.1. The highest BCUT2D eigenvalue weighted by Crippen LogP contribution is 2.24. The molecule has 1 aromatic rings. The van der Waals surface area contributed by atoms with E-state index in [2.05, 4.69) is 0 Å². The number of carbonyl (C=O) groups excluding carboxylic acids is 1. The van der Waals surface area contributed by atoms with Gasteiger partial charge in [-0.15, -0.1) is 0 Å². The molecule has 0 fully saturated rings. The fourth-order valence-corrected chi connectivity index (χ4v) is 1.41. The van der Waals surface area contributed by atoms with Gasteiger partial charge in [0.1, 0.15) is 0 Å². The second-order valence-corrected chi connectivity index (χ2v) is 4.22. The van der Waals surface area contributed by atoms with Gasteiger partial charge in [-0.2, -0.15) is 0 Å². The van der Waals surface area contributed by atoms with Gasteiger partial charge < -0.3 is 4.74 Å². The Morgan fingerprint density at radius 2 is 1.94 bits per heavy atom. The van der Waals surface area contributed by atoms with Gasteiger partial charge in [-0.3, -0.25) is 4.79 Å². The van der Waals surface area contributed by atoms with Gasteiger partial charge >= 0.3 is 0 Å². The molecule has 2 nitrogen and oxygen atoms in total. The molecule has 3 heteroatoms. The van der Waals surface area contributed by atoms with Gasteiger partial charge in [0.05, 0.1) is 12.7 Å². The predicted octanol–water partition coefficient (Wildman–Crippen LogP) is 3.31. The fourth-order valence-electron chi connectivity index (χ4n) is 1.41. The molecule has 1 unspecified atom stereocenters. The summed E-state index contributed by atoms with van der Waals surface area (Å²) in [6.45, 7) is 5.70. The molecule has 16 heavy (non-hydrogen) atoms. The number of ketones is 1. The van der Waals surface area contributed by atoms with Crippen molar-refractivity contribution in [2.75, 3.05) is 7.11 Å².